The van der Waals surface area contributed by atoms with Gasteiger partial charge in [-0.05, 0) is 31.1 Å². The number of nitrogens with zero attached hydrogens (tertiary/aromatic N) is 1. The molecule has 0 radical (unpaired) electrons. The Morgan fingerprint density at radius 3 is 2.90 bits per heavy atom. The molecule has 2 unspecified atom stereocenters. The molecule has 2 atom stereocenters. The number of morpholine rings is 1. The Balaban J connectivity index is 2.23. The standard InChI is InChI=1S/C16H24Cl2N2O/c1-3-8-19-16(12-6-5-7-13(17)15(12)18)14-11-20(4-2)9-10-21-14/h5-7,14,16,19H,3-4,8-11H2,1-2H3. The van der Waals surface area contributed by atoms with Crippen molar-refractivity contribution in [3.05, 3.63) is 33.8 Å². The van der Waals surface area contributed by atoms with Gasteiger partial charge in [-0.15, -0.1) is 0 Å². The Kier molecular flexibility index (Phi) is 6.77. The molecule has 1 aliphatic heterocycles. The summed E-state index contributed by atoms with van der Waals surface area (Å²) in [5.74, 6) is 0. The largest absolute Gasteiger partial charge is 0.374 e. The fourth-order valence-electron chi connectivity index (χ4n) is 2.72. The zero-order valence-corrected chi connectivity index (χ0v) is 14.3. The van der Waals surface area contributed by atoms with E-state index in [1.807, 2.05) is 18.2 Å². The molecule has 5 heteroatoms. The summed E-state index contributed by atoms with van der Waals surface area (Å²) in [4.78, 5) is 2.41. The van der Waals surface area contributed by atoms with Gasteiger partial charge in [-0.1, -0.05) is 49.2 Å². The zero-order valence-electron chi connectivity index (χ0n) is 12.7. The number of ether oxygens (including phenoxy) is 1. The van der Waals surface area contributed by atoms with Crippen molar-refractivity contribution in [2.24, 2.45) is 0 Å². The van der Waals surface area contributed by atoms with Gasteiger partial charge >= 0.3 is 0 Å². The first-order chi connectivity index (χ1) is 10.2. The van der Waals surface area contributed by atoms with Crippen LogP contribution in [-0.4, -0.2) is 43.8 Å². The van der Waals surface area contributed by atoms with E-state index in [0.29, 0.717) is 10.0 Å². The highest BCUT2D eigenvalue weighted by atomic mass is 35.5. The second kappa shape index (κ2) is 8.35. The van der Waals surface area contributed by atoms with Gasteiger partial charge in [-0.3, -0.25) is 4.90 Å². The summed E-state index contributed by atoms with van der Waals surface area (Å²) in [7, 11) is 0. The van der Waals surface area contributed by atoms with Crippen LogP contribution in [0.1, 0.15) is 31.9 Å². The highest BCUT2D eigenvalue weighted by Crippen LogP contribution is 2.33. The van der Waals surface area contributed by atoms with Gasteiger partial charge in [-0.25, -0.2) is 0 Å². The minimum absolute atomic E-state index is 0.0745. The Hall–Kier alpha value is -0.320. The molecule has 1 aliphatic rings. The van der Waals surface area contributed by atoms with Gasteiger partial charge < -0.3 is 10.1 Å². The van der Waals surface area contributed by atoms with Crippen LogP contribution in [0.15, 0.2) is 18.2 Å². The molecule has 0 spiro atoms. The Morgan fingerprint density at radius 1 is 1.38 bits per heavy atom. The van der Waals surface area contributed by atoms with Crippen molar-refractivity contribution in [3.8, 4) is 0 Å². The van der Waals surface area contributed by atoms with E-state index in [1.165, 1.54) is 0 Å². The summed E-state index contributed by atoms with van der Waals surface area (Å²) >= 11 is 12.6. The average Bonchev–Trinajstić information content (AvgIpc) is 2.52. The molecule has 3 nitrogen and oxygen atoms in total. The van der Waals surface area contributed by atoms with Crippen LogP contribution >= 0.6 is 23.2 Å². The van der Waals surface area contributed by atoms with Crippen LogP contribution in [0, 0.1) is 0 Å². The summed E-state index contributed by atoms with van der Waals surface area (Å²) in [6.45, 7) is 8.99. The van der Waals surface area contributed by atoms with Crippen molar-refractivity contribution < 1.29 is 4.74 Å². The average molecular weight is 331 g/mol. The van der Waals surface area contributed by atoms with Crippen LogP contribution in [0.5, 0.6) is 0 Å². The van der Waals surface area contributed by atoms with Gasteiger partial charge in [0.2, 0.25) is 0 Å². The van der Waals surface area contributed by atoms with Gasteiger partial charge in [0, 0.05) is 13.1 Å². The van der Waals surface area contributed by atoms with Crippen molar-refractivity contribution >= 4 is 23.2 Å². The molecule has 0 bridgehead atoms. The predicted octanol–water partition coefficient (Wildman–Crippen LogP) is 3.75. The molecule has 21 heavy (non-hydrogen) atoms. The van der Waals surface area contributed by atoms with E-state index in [-0.39, 0.29) is 12.1 Å². The molecule has 0 aromatic heterocycles. The summed E-state index contributed by atoms with van der Waals surface area (Å²) in [5, 5.41) is 4.80. The van der Waals surface area contributed by atoms with E-state index < -0.39 is 0 Å². The van der Waals surface area contributed by atoms with E-state index in [2.05, 4.69) is 24.1 Å². The van der Waals surface area contributed by atoms with Gasteiger partial charge in [0.1, 0.15) is 0 Å². The van der Waals surface area contributed by atoms with E-state index in [0.717, 1.165) is 44.8 Å². The van der Waals surface area contributed by atoms with Crippen LogP contribution in [0.4, 0.5) is 0 Å². The molecular formula is C16H24Cl2N2O. The summed E-state index contributed by atoms with van der Waals surface area (Å²) in [6.07, 6.45) is 1.17. The molecule has 1 heterocycles. The lowest BCUT2D eigenvalue weighted by Gasteiger charge is -2.37. The fourth-order valence-corrected chi connectivity index (χ4v) is 3.15. The number of halogens is 2. The lowest BCUT2D eigenvalue weighted by atomic mass is 9.99. The number of hydrogen-bond acceptors (Lipinski definition) is 3. The second-order valence-corrected chi connectivity index (χ2v) is 6.16. The van der Waals surface area contributed by atoms with Crippen molar-refractivity contribution in [1.82, 2.24) is 10.2 Å². The number of benzene rings is 1. The minimum Gasteiger partial charge on any atom is -0.374 e. The number of nitrogens with one attached hydrogen (secondary N) is 1. The highest BCUT2D eigenvalue weighted by Gasteiger charge is 2.30. The van der Waals surface area contributed by atoms with Crippen molar-refractivity contribution in [2.45, 2.75) is 32.4 Å². The maximum Gasteiger partial charge on any atom is 0.0897 e. The second-order valence-electron chi connectivity index (χ2n) is 5.38. The molecule has 1 saturated heterocycles. The molecule has 1 aromatic rings. The topological polar surface area (TPSA) is 24.5 Å². The minimum atomic E-state index is 0.0745. The molecule has 0 amide bonds. The quantitative estimate of drug-likeness (QED) is 0.859. The third kappa shape index (κ3) is 4.33. The monoisotopic (exact) mass is 330 g/mol. The van der Waals surface area contributed by atoms with Gasteiger partial charge in [-0.2, -0.15) is 0 Å². The number of rotatable bonds is 6. The van der Waals surface area contributed by atoms with Crippen LogP contribution < -0.4 is 5.32 Å². The molecule has 0 saturated carbocycles. The normalized spacial score (nSPS) is 21.4. The first-order valence-corrected chi connectivity index (χ1v) is 8.44. The number of likely N-dealkylation sites (N-methyl/N-ethyl adjacent to an activating group) is 1. The van der Waals surface area contributed by atoms with Gasteiger partial charge in [0.15, 0.2) is 0 Å². The maximum absolute atomic E-state index is 6.42. The molecule has 1 N–H and O–H groups in total. The zero-order chi connectivity index (χ0) is 15.2. The number of hydrogen-bond donors (Lipinski definition) is 1. The third-order valence-corrected chi connectivity index (χ3v) is 4.76. The predicted molar refractivity (Wildman–Crippen MR) is 89.4 cm³/mol. The van der Waals surface area contributed by atoms with Gasteiger partial charge in [0.25, 0.3) is 0 Å². The smallest absolute Gasteiger partial charge is 0.0897 e. The van der Waals surface area contributed by atoms with E-state index >= 15 is 0 Å². The molecule has 1 fully saturated rings. The molecular weight excluding hydrogens is 307 g/mol. The van der Waals surface area contributed by atoms with Crippen LogP contribution in [0.25, 0.3) is 0 Å². The first kappa shape index (κ1) is 17.0. The van der Waals surface area contributed by atoms with E-state index in [4.69, 9.17) is 27.9 Å². The lowest BCUT2D eigenvalue weighted by Crippen LogP contribution is -2.48. The molecule has 118 valence electrons. The van der Waals surface area contributed by atoms with Crippen molar-refractivity contribution in [1.29, 1.82) is 0 Å². The Morgan fingerprint density at radius 2 is 2.19 bits per heavy atom. The highest BCUT2D eigenvalue weighted by molar-refractivity contribution is 6.42. The maximum atomic E-state index is 6.42. The molecule has 1 aromatic carbocycles. The van der Waals surface area contributed by atoms with Crippen LogP contribution in [-0.2, 0) is 4.74 Å². The van der Waals surface area contributed by atoms with Gasteiger partial charge in [0.05, 0.1) is 28.8 Å². The summed E-state index contributed by atoms with van der Waals surface area (Å²) in [6, 6.07) is 5.88. The van der Waals surface area contributed by atoms with Crippen molar-refractivity contribution in [3.63, 3.8) is 0 Å². The van der Waals surface area contributed by atoms with E-state index in [9.17, 15) is 0 Å². The Bertz CT molecular complexity index is 456. The third-order valence-electron chi connectivity index (χ3n) is 3.93. The SMILES string of the molecule is CCCNC(c1cccc(Cl)c1Cl)C1CN(CC)CCO1. The fraction of sp³-hybridized carbons (Fsp3) is 0.625. The summed E-state index contributed by atoms with van der Waals surface area (Å²) in [5.41, 5.74) is 1.03. The lowest BCUT2D eigenvalue weighted by molar-refractivity contribution is -0.0455. The van der Waals surface area contributed by atoms with Crippen LogP contribution in [0.2, 0.25) is 10.0 Å². The first-order valence-electron chi connectivity index (χ1n) is 7.68. The van der Waals surface area contributed by atoms with E-state index in [1.54, 1.807) is 0 Å². The Labute approximate surface area is 137 Å². The summed E-state index contributed by atoms with van der Waals surface area (Å²) < 4.78 is 6.01. The molecule has 0 aliphatic carbocycles. The molecule has 2 rings (SSSR count). The van der Waals surface area contributed by atoms with Crippen LogP contribution in [0.3, 0.4) is 0 Å². The van der Waals surface area contributed by atoms with Crippen molar-refractivity contribution in [2.75, 3.05) is 32.8 Å².